The van der Waals surface area contributed by atoms with Crippen LogP contribution in [-0.4, -0.2) is 66.6 Å². The smallest absolute Gasteiger partial charge is 0.255 e. The van der Waals surface area contributed by atoms with Crippen molar-refractivity contribution in [2.75, 3.05) is 26.2 Å². The standard InChI is InChI=1S/C26H27N7O/c34-26(23-7-8-25(29-16-23)33-12-4-9-30-33)32-14-13-31(18-21-5-2-1-3-6-21)19-22(20-32)15-24-17-27-10-11-28-24/h1-12,16-17,22H,13-15,18-20H2. The normalized spacial score (nSPS) is 16.8. The Balaban J connectivity index is 1.33. The number of hydrogen-bond acceptors (Lipinski definition) is 6. The molecule has 4 aromatic rings. The van der Waals surface area contributed by atoms with E-state index in [2.05, 4.69) is 49.2 Å². The molecule has 1 aliphatic heterocycles. The number of pyridine rings is 1. The van der Waals surface area contributed by atoms with E-state index in [1.165, 1.54) is 5.56 Å². The lowest BCUT2D eigenvalue weighted by molar-refractivity contribution is 0.0745. The second kappa shape index (κ2) is 10.4. The Kier molecular flexibility index (Phi) is 6.67. The molecule has 0 N–H and O–H groups in total. The Morgan fingerprint density at radius 3 is 2.56 bits per heavy atom. The van der Waals surface area contributed by atoms with Crippen LogP contribution in [0.5, 0.6) is 0 Å². The molecule has 1 saturated heterocycles. The molecule has 0 spiro atoms. The molecule has 34 heavy (non-hydrogen) atoms. The third-order valence-electron chi connectivity index (χ3n) is 6.07. The van der Waals surface area contributed by atoms with Gasteiger partial charge in [-0.1, -0.05) is 30.3 Å². The van der Waals surface area contributed by atoms with Crippen molar-refractivity contribution in [1.29, 1.82) is 0 Å². The van der Waals surface area contributed by atoms with Crippen molar-refractivity contribution in [3.63, 3.8) is 0 Å². The minimum atomic E-state index is 0.00484. The van der Waals surface area contributed by atoms with Crippen LogP contribution >= 0.6 is 0 Å². The SMILES string of the molecule is O=C(c1ccc(-n2cccn2)nc1)N1CCN(Cc2ccccc2)CC(Cc2cnccn2)C1. The topological polar surface area (TPSA) is 80.0 Å². The molecule has 1 fully saturated rings. The lowest BCUT2D eigenvalue weighted by atomic mass is 10.0. The summed E-state index contributed by atoms with van der Waals surface area (Å²) >= 11 is 0. The molecule has 8 nitrogen and oxygen atoms in total. The molecule has 1 atom stereocenters. The van der Waals surface area contributed by atoms with Crippen molar-refractivity contribution in [2.24, 2.45) is 5.92 Å². The molecule has 5 rings (SSSR count). The molecule has 1 aromatic carbocycles. The first kappa shape index (κ1) is 21.9. The van der Waals surface area contributed by atoms with Gasteiger partial charge in [-0.25, -0.2) is 9.67 Å². The number of amides is 1. The predicted molar refractivity (Wildman–Crippen MR) is 128 cm³/mol. The van der Waals surface area contributed by atoms with Crippen molar-refractivity contribution in [3.05, 3.63) is 103 Å². The first-order valence-electron chi connectivity index (χ1n) is 11.5. The van der Waals surface area contributed by atoms with Gasteiger partial charge < -0.3 is 4.90 Å². The van der Waals surface area contributed by atoms with Gasteiger partial charge in [0.1, 0.15) is 0 Å². The van der Waals surface area contributed by atoms with Gasteiger partial charge in [0, 0.05) is 69.9 Å². The summed E-state index contributed by atoms with van der Waals surface area (Å²) in [5.74, 6) is 0.945. The number of benzene rings is 1. The average molecular weight is 454 g/mol. The number of hydrogen-bond donors (Lipinski definition) is 0. The van der Waals surface area contributed by atoms with Crippen molar-refractivity contribution >= 4 is 5.91 Å². The molecule has 3 aromatic heterocycles. The van der Waals surface area contributed by atoms with Gasteiger partial charge in [0.05, 0.1) is 11.3 Å². The fraction of sp³-hybridized carbons (Fsp3) is 0.269. The highest BCUT2D eigenvalue weighted by atomic mass is 16.2. The Labute approximate surface area is 198 Å². The molecule has 0 radical (unpaired) electrons. The molecule has 0 bridgehead atoms. The van der Waals surface area contributed by atoms with Crippen molar-refractivity contribution < 1.29 is 4.79 Å². The van der Waals surface area contributed by atoms with Crippen LogP contribution in [0.3, 0.4) is 0 Å². The van der Waals surface area contributed by atoms with E-state index < -0.39 is 0 Å². The van der Waals surface area contributed by atoms with E-state index in [4.69, 9.17) is 0 Å². The predicted octanol–water partition coefficient (Wildman–Crippen LogP) is 2.87. The van der Waals surface area contributed by atoms with Gasteiger partial charge in [-0.3, -0.25) is 19.7 Å². The second-order valence-electron chi connectivity index (χ2n) is 8.59. The monoisotopic (exact) mass is 453 g/mol. The minimum absolute atomic E-state index is 0.00484. The molecular weight excluding hydrogens is 426 g/mol. The van der Waals surface area contributed by atoms with Crippen LogP contribution in [-0.2, 0) is 13.0 Å². The van der Waals surface area contributed by atoms with Gasteiger partial charge >= 0.3 is 0 Å². The van der Waals surface area contributed by atoms with E-state index in [1.54, 1.807) is 29.5 Å². The summed E-state index contributed by atoms with van der Waals surface area (Å²) < 4.78 is 1.68. The van der Waals surface area contributed by atoms with Crippen LogP contribution in [0.4, 0.5) is 0 Å². The average Bonchev–Trinajstić information content (AvgIpc) is 3.35. The summed E-state index contributed by atoms with van der Waals surface area (Å²) in [6.07, 6.45) is 11.2. The summed E-state index contributed by atoms with van der Waals surface area (Å²) in [4.78, 5) is 31.0. The van der Waals surface area contributed by atoms with Crippen LogP contribution in [0.25, 0.3) is 5.82 Å². The highest BCUT2D eigenvalue weighted by Gasteiger charge is 2.27. The Morgan fingerprint density at radius 2 is 1.82 bits per heavy atom. The number of aromatic nitrogens is 5. The largest absolute Gasteiger partial charge is 0.337 e. The fourth-order valence-electron chi connectivity index (χ4n) is 4.44. The number of carbonyl (C=O) groups is 1. The summed E-state index contributed by atoms with van der Waals surface area (Å²) in [5, 5.41) is 4.20. The Hall–Kier alpha value is -3.91. The highest BCUT2D eigenvalue weighted by molar-refractivity contribution is 5.94. The Morgan fingerprint density at radius 1 is 0.912 bits per heavy atom. The first-order chi connectivity index (χ1) is 16.7. The van der Waals surface area contributed by atoms with Gasteiger partial charge in [0.25, 0.3) is 5.91 Å². The van der Waals surface area contributed by atoms with Gasteiger partial charge in [-0.15, -0.1) is 0 Å². The maximum absolute atomic E-state index is 13.4. The summed E-state index contributed by atoms with van der Waals surface area (Å²) in [7, 11) is 0. The van der Waals surface area contributed by atoms with Crippen LogP contribution in [0.1, 0.15) is 21.6 Å². The number of carbonyl (C=O) groups excluding carboxylic acids is 1. The van der Waals surface area contributed by atoms with Gasteiger partial charge in [-0.2, -0.15) is 5.10 Å². The first-order valence-corrected chi connectivity index (χ1v) is 11.5. The molecular formula is C26H27N7O. The molecule has 1 aliphatic rings. The lowest BCUT2D eigenvalue weighted by Crippen LogP contribution is -2.36. The van der Waals surface area contributed by atoms with Crippen molar-refractivity contribution in [1.82, 2.24) is 34.5 Å². The fourth-order valence-corrected chi connectivity index (χ4v) is 4.44. The molecule has 4 heterocycles. The van der Waals surface area contributed by atoms with E-state index in [0.717, 1.165) is 31.7 Å². The molecule has 0 saturated carbocycles. The number of rotatable bonds is 6. The quantitative estimate of drug-likeness (QED) is 0.447. The molecule has 0 aliphatic carbocycles. The zero-order valence-electron chi connectivity index (χ0n) is 18.9. The summed E-state index contributed by atoms with van der Waals surface area (Å²) in [6.45, 7) is 3.91. The Bertz CT molecular complexity index is 1180. The maximum atomic E-state index is 13.4. The van der Waals surface area contributed by atoms with Gasteiger partial charge in [0.2, 0.25) is 0 Å². The second-order valence-corrected chi connectivity index (χ2v) is 8.59. The highest BCUT2D eigenvalue weighted by Crippen LogP contribution is 2.18. The van der Waals surface area contributed by atoms with Crippen LogP contribution in [0.15, 0.2) is 85.7 Å². The van der Waals surface area contributed by atoms with E-state index in [1.807, 2.05) is 41.6 Å². The molecule has 1 unspecified atom stereocenters. The third-order valence-corrected chi connectivity index (χ3v) is 6.07. The van der Waals surface area contributed by atoms with Gasteiger partial charge in [0.15, 0.2) is 5.82 Å². The van der Waals surface area contributed by atoms with E-state index in [0.29, 0.717) is 24.5 Å². The van der Waals surface area contributed by atoms with Crippen molar-refractivity contribution in [3.8, 4) is 5.82 Å². The van der Waals surface area contributed by atoms with Crippen molar-refractivity contribution in [2.45, 2.75) is 13.0 Å². The lowest BCUT2D eigenvalue weighted by Gasteiger charge is -2.24. The molecule has 8 heteroatoms. The summed E-state index contributed by atoms with van der Waals surface area (Å²) in [5.41, 5.74) is 2.82. The summed E-state index contributed by atoms with van der Waals surface area (Å²) in [6, 6.07) is 16.0. The number of nitrogens with zero attached hydrogens (tertiary/aromatic N) is 7. The van der Waals surface area contributed by atoms with Gasteiger partial charge in [-0.05, 0) is 36.1 Å². The van der Waals surface area contributed by atoms with Crippen LogP contribution < -0.4 is 0 Å². The molecule has 172 valence electrons. The zero-order valence-corrected chi connectivity index (χ0v) is 18.9. The van der Waals surface area contributed by atoms with E-state index >= 15 is 0 Å². The van der Waals surface area contributed by atoms with E-state index in [-0.39, 0.29) is 11.8 Å². The third kappa shape index (κ3) is 5.35. The molecule has 1 amide bonds. The van der Waals surface area contributed by atoms with Crippen LogP contribution in [0.2, 0.25) is 0 Å². The van der Waals surface area contributed by atoms with Crippen LogP contribution in [0, 0.1) is 5.92 Å². The minimum Gasteiger partial charge on any atom is -0.337 e. The van der Waals surface area contributed by atoms with E-state index in [9.17, 15) is 4.79 Å². The maximum Gasteiger partial charge on any atom is 0.255 e. The zero-order chi connectivity index (χ0) is 23.2.